The molecule has 3 nitrogen and oxygen atoms in total. The number of aliphatic hydroxyl groups is 1. The average Bonchev–Trinajstić information content (AvgIpc) is 1.78. The molecule has 1 N–H and O–H groups in total. The Morgan fingerprint density at radius 2 is 2.18 bits per heavy atom. The van der Waals surface area contributed by atoms with E-state index in [-0.39, 0.29) is 0 Å². The number of alkyl halides is 3. The van der Waals surface area contributed by atoms with Gasteiger partial charge in [-0.15, -0.1) is 0 Å². The van der Waals surface area contributed by atoms with Crippen LogP contribution in [0.5, 0.6) is 0 Å². The molecule has 66 valence electrons. The second-order valence-electron chi connectivity index (χ2n) is 1.80. The van der Waals surface area contributed by atoms with Gasteiger partial charge in [-0.2, -0.15) is 13.2 Å². The number of aliphatic hydroxyl groups excluding tert-OH is 1. The molecule has 1 atom stereocenters. The maximum Gasteiger partial charge on any atom is 0.408 e. The van der Waals surface area contributed by atoms with Crippen LogP contribution in [-0.4, -0.2) is 30.5 Å². The molecule has 0 aromatic heterocycles. The molecule has 1 unspecified atom stereocenters. The molecule has 0 saturated carbocycles. The van der Waals surface area contributed by atoms with Crippen molar-refractivity contribution in [2.45, 2.75) is 19.4 Å². The van der Waals surface area contributed by atoms with Crippen LogP contribution in [0.1, 0.15) is 6.92 Å². The van der Waals surface area contributed by atoms with Gasteiger partial charge in [0.2, 0.25) is 0 Å². The van der Waals surface area contributed by atoms with Gasteiger partial charge in [0.1, 0.15) is 6.54 Å². The Labute approximate surface area is 61.5 Å². The molecule has 11 heavy (non-hydrogen) atoms. The van der Waals surface area contributed by atoms with Gasteiger partial charge in [-0.3, -0.25) is 0 Å². The van der Waals surface area contributed by atoms with E-state index >= 15 is 0 Å². The summed E-state index contributed by atoms with van der Waals surface area (Å²) in [6.45, 7) is -0.0284. The molecular formula is C5H8F3NO2. The number of hydrogen-bond acceptors (Lipinski definition) is 3. The van der Waals surface area contributed by atoms with Crippen molar-refractivity contribution in [3.8, 4) is 0 Å². The van der Waals surface area contributed by atoms with E-state index in [1.807, 2.05) is 0 Å². The minimum Gasteiger partial charge on any atom is -0.455 e. The van der Waals surface area contributed by atoms with E-state index < -0.39 is 19.0 Å². The van der Waals surface area contributed by atoms with Gasteiger partial charge in [0, 0.05) is 0 Å². The SMILES string of the molecule is CC(O)OC=NCC(F)(F)F. The highest BCUT2D eigenvalue weighted by Gasteiger charge is 2.25. The summed E-state index contributed by atoms with van der Waals surface area (Å²) in [5.41, 5.74) is 0. The van der Waals surface area contributed by atoms with Crippen LogP contribution in [0.4, 0.5) is 13.2 Å². The van der Waals surface area contributed by atoms with E-state index in [1.54, 1.807) is 0 Å². The number of nitrogens with zero attached hydrogens (tertiary/aromatic N) is 1. The molecule has 0 saturated heterocycles. The summed E-state index contributed by atoms with van der Waals surface area (Å²) >= 11 is 0. The van der Waals surface area contributed by atoms with Crippen molar-refractivity contribution in [2.75, 3.05) is 6.54 Å². The lowest BCUT2D eigenvalue weighted by atomic mass is 10.7. The van der Waals surface area contributed by atoms with Gasteiger partial charge in [-0.25, -0.2) is 4.99 Å². The van der Waals surface area contributed by atoms with Crippen molar-refractivity contribution in [3.05, 3.63) is 0 Å². The van der Waals surface area contributed by atoms with Crippen molar-refractivity contribution in [1.29, 1.82) is 0 Å². The first-order valence-corrected chi connectivity index (χ1v) is 2.80. The van der Waals surface area contributed by atoms with E-state index in [9.17, 15) is 13.2 Å². The van der Waals surface area contributed by atoms with E-state index in [1.165, 1.54) is 6.92 Å². The normalized spacial score (nSPS) is 15.4. The van der Waals surface area contributed by atoms with Crippen LogP contribution < -0.4 is 0 Å². The summed E-state index contributed by atoms with van der Waals surface area (Å²) in [5.74, 6) is 0. The predicted octanol–water partition coefficient (Wildman–Crippen LogP) is 0.932. The van der Waals surface area contributed by atoms with Crippen molar-refractivity contribution in [2.24, 2.45) is 4.99 Å². The highest BCUT2D eigenvalue weighted by molar-refractivity contribution is 5.46. The minimum atomic E-state index is -4.32. The summed E-state index contributed by atoms with van der Waals surface area (Å²) in [6.07, 6.45) is -4.87. The molecule has 0 aromatic rings. The van der Waals surface area contributed by atoms with Gasteiger partial charge in [0.05, 0.1) is 0 Å². The topological polar surface area (TPSA) is 41.8 Å². The molecule has 0 spiro atoms. The van der Waals surface area contributed by atoms with Crippen LogP contribution in [0, 0.1) is 0 Å². The zero-order valence-electron chi connectivity index (χ0n) is 5.80. The fourth-order valence-electron chi connectivity index (χ4n) is 0.272. The van der Waals surface area contributed by atoms with Crippen molar-refractivity contribution >= 4 is 6.40 Å². The largest absolute Gasteiger partial charge is 0.455 e. The Balaban J connectivity index is 3.46. The molecule has 0 rings (SSSR count). The molecule has 6 heteroatoms. The molecule has 0 aliphatic rings. The molecule has 0 fully saturated rings. The summed E-state index contributed by atoms with van der Waals surface area (Å²) in [6, 6.07) is 0. The second kappa shape index (κ2) is 4.17. The zero-order chi connectivity index (χ0) is 8.91. The van der Waals surface area contributed by atoms with Gasteiger partial charge in [-0.05, 0) is 6.92 Å². The summed E-state index contributed by atoms with van der Waals surface area (Å²) in [4.78, 5) is 2.85. The summed E-state index contributed by atoms with van der Waals surface area (Å²) in [7, 11) is 0. The third-order valence-corrected chi connectivity index (χ3v) is 0.603. The van der Waals surface area contributed by atoms with Crippen molar-refractivity contribution in [1.82, 2.24) is 0 Å². The van der Waals surface area contributed by atoms with Gasteiger partial charge >= 0.3 is 6.18 Å². The first-order valence-electron chi connectivity index (χ1n) is 2.80. The van der Waals surface area contributed by atoms with E-state index in [2.05, 4.69) is 9.73 Å². The highest BCUT2D eigenvalue weighted by Crippen LogP contribution is 2.13. The van der Waals surface area contributed by atoms with Crippen molar-refractivity contribution < 1.29 is 23.0 Å². The minimum absolute atomic E-state index is 0.582. The second-order valence-corrected chi connectivity index (χ2v) is 1.80. The smallest absolute Gasteiger partial charge is 0.408 e. The van der Waals surface area contributed by atoms with Crippen LogP contribution in [0.25, 0.3) is 0 Å². The maximum absolute atomic E-state index is 11.3. The predicted molar refractivity (Wildman–Crippen MR) is 32.2 cm³/mol. The Kier molecular flexibility index (Phi) is 3.88. The molecule has 0 amide bonds. The third kappa shape index (κ3) is 9.22. The fraction of sp³-hybridized carbons (Fsp3) is 0.800. The van der Waals surface area contributed by atoms with Gasteiger partial charge < -0.3 is 9.84 Å². The zero-order valence-corrected chi connectivity index (χ0v) is 5.80. The number of aliphatic imine (C=N–C) groups is 1. The van der Waals surface area contributed by atoms with Crippen molar-refractivity contribution in [3.63, 3.8) is 0 Å². The molecule has 0 radical (unpaired) electrons. The van der Waals surface area contributed by atoms with Crippen LogP contribution in [-0.2, 0) is 4.74 Å². The Morgan fingerprint density at radius 1 is 1.64 bits per heavy atom. The first kappa shape index (κ1) is 10.2. The molecule has 0 aliphatic heterocycles. The Morgan fingerprint density at radius 3 is 2.55 bits per heavy atom. The lowest BCUT2D eigenvalue weighted by Crippen LogP contribution is -2.13. The van der Waals surface area contributed by atoms with E-state index in [0.717, 1.165) is 0 Å². The highest BCUT2D eigenvalue weighted by atomic mass is 19.4. The van der Waals surface area contributed by atoms with E-state index in [4.69, 9.17) is 5.11 Å². The van der Waals surface area contributed by atoms with Crippen LogP contribution in [0.3, 0.4) is 0 Å². The standard InChI is InChI=1S/C5H8F3NO2/c1-4(10)11-3-9-2-5(6,7)8/h3-4,10H,2H2,1H3. The third-order valence-electron chi connectivity index (χ3n) is 0.603. The maximum atomic E-state index is 11.3. The van der Waals surface area contributed by atoms with Crippen LogP contribution >= 0.6 is 0 Å². The first-order chi connectivity index (χ1) is 4.92. The monoisotopic (exact) mass is 171 g/mol. The number of hydrogen-bond donors (Lipinski definition) is 1. The number of halogens is 3. The summed E-state index contributed by atoms with van der Waals surface area (Å²) < 4.78 is 38.2. The molecular weight excluding hydrogens is 163 g/mol. The molecule has 0 aliphatic carbocycles. The van der Waals surface area contributed by atoms with Gasteiger partial charge in [0.25, 0.3) is 0 Å². The number of ether oxygens (including phenoxy) is 1. The van der Waals surface area contributed by atoms with Gasteiger partial charge in [-0.1, -0.05) is 0 Å². The molecule has 0 aromatic carbocycles. The quantitative estimate of drug-likeness (QED) is 0.390. The Bertz CT molecular complexity index is 132. The number of rotatable bonds is 3. The van der Waals surface area contributed by atoms with Crippen LogP contribution in [0.2, 0.25) is 0 Å². The molecule has 0 bridgehead atoms. The summed E-state index contributed by atoms with van der Waals surface area (Å²) in [5, 5.41) is 8.39. The lowest BCUT2D eigenvalue weighted by Gasteiger charge is -2.02. The van der Waals surface area contributed by atoms with Crippen LogP contribution in [0.15, 0.2) is 4.99 Å². The van der Waals surface area contributed by atoms with E-state index in [0.29, 0.717) is 6.40 Å². The average molecular weight is 171 g/mol. The molecule has 0 heterocycles. The van der Waals surface area contributed by atoms with Gasteiger partial charge in [0.15, 0.2) is 12.7 Å². The lowest BCUT2D eigenvalue weighted by molar-refractivity contribution is -0.118. The Hall–Kier alpha value is -0.780. The fourth-order valence-corrected chi connectivity index (χ4v) is 0.272.